The van der Waals surface area contributed by atoms with E-state index in [0.29, 0.717) is 5.56 Å². The van der Waals surface area contributed by atoms with E-state index in [0.717, 1.165) is 12.1 Å². The second-order valence-electron chi connectivity index (χ2n) is 3.29. The minimum Gasteiger partial charge on any atom is -0.716 e. The van der Waals surface area contributed by atoms with E-state index in [2.05, 4.69) is 9.50 Å². The van der Waals surface area contributed by atoms with Crippen LogP contribution in [0.5, 0.6) is 11.5 Å². The smallest absolute Gasteiger partial charge is 0.716 e. The van der Waals surface area contributed by atoms with Gasteiger partial charge in [0.05, 0.1) is 6.10 Å². The number of benzene rings is 1. The van der Waals surface area contributed by atoms with Gasteiger partial charge in [0.2, 0.25) is 0 Å². The van der Waals surface area contributed by atoms with Crippen LogP contribution in [-0.4, -0.2) is 36.8 Å². The molecule has 1 aromatic rings. The second-order valence-corrected chi connectivity index (χ2v) is 4.28. The van der Waals surface area contributed by atoms with Gasteiger partial charge in [0.1, 0.15) is 0 Å². The summed E-state index contributed by atoms with van der Waals surface area (Å²) in [5, 5.41) is 21.7. The Morgan fingerprint density at radius 3 is 2.56 bits per heavy atom. The third-order valence-corrected chi connectivity index (χ3v) is 2.34. The molecule has 1 aromatic carbocycles. The first-order chi connectivity index (χ1) is 7.83. The first kappa shape index (κ1) is 17.6. The number of rotatable bonds is 5. The molecule has 0 heterocycles. The fourth-order valence-corrected chi connectivity index (χ4v) is 1.59. The van der Waals surface area contributed by atoms with Crippen LogP contribution in [0.1, 0.15) is 11.7 Å². The van der Waals surface area contributed by atoms with Crippen molar-refractivity contribution < 1.29 is 56.9 Å². The summed E-state index contributed by atoms with van der Waals surface area (Å²) in [5.74, 6) is -1.00. The molecule has 0 saturated carbocycles. The molecule has 0 bridgehead atoms. The first-order valence-corrected chi connectivity index (χ1v) is 5.97. The molecule has 0 aliphatic rings. The molecule has 9 heteroatoms. The number of aliphatic hydroxyl groups excluding tert-OH is 1. The van der Waals surface area contributed by atoms with Gasteiger partial charge in [-0.25, -0.2) is 8.42 Å². The van der Waals surface area contributed by atoms with Crippen LogP contribution in [0.3, 0.4) is 0 Å². The van der Waals surface area contributed by atoms with E-state index >= 15 is 0 Å². The number of hydrogen-bond donors (Lipinski definition) is 3. The van der Waals surface area contributed by atoms with Crippen LogP contribution in [0.15, 0.2) is 18.2 Å². The largest absolute Gasteiger partial charge is 1.00 e. The predicted molar refractivity (Wildman–Crippen MR) is 57.3 cm³/mol. The fourth-order valence-electron chi connectivity index (χ4n) is 1.23. The van der Waals surface area contributed by atoms with Crippen molar-refractivity contribution in [1.29, 1.82) is 0 Å². The zero-order valence-electron chi connectivity index (χ0n) is 9.95. The Morgan fingerprint density at radius 1 is 1.50 bits per heavy atom. The summed E-state index contributed by atoms with van der Waals surface area (Å²) in [6.07, 6.45) is -0.858. The first-order valence-electron chi connectivity index (χ1n) is 4.64. The van der Waals surface area contributed by atoms with E-state index in [-0.39, 0.29) is 36.1 Å². The van der Waals surface area contributed by atoms with Crippen LogP contribution in [0.4, 0.5) is 0 Å². The van der Waals surface area contributed by atoms with Gasteiger partial charge in [-0.1, -0.05) is 6.07 Å². The third-order valence-electron chi connectivity index (χ3n) is 1.96. The maximum absolute atomic E-state index is 10.3. The molecule has 18 heavy (non-hydrogen) atoms. The van der Waals surface area contributed by atoms with E-state index in [1.807, 2.05) is 0 Å². The average Bonchev–Trinajstić information content (AvgIpc) is 2.19. The maximum atomic E-state index is 10.3. The molecule has 0 aromatic heterocycles. The molecule has 0 fully saturated rings. The Balaban J connectivity index is 0.00000289. The number of phenolic OH excluding ortho intramolecular Hbond substituents is 1. The number of likely N-dealkylation sites (N-methyl/N-ethyl adjacent to an activating group) is 1. The van der Waals surface area contributed by atoms with Crippen LogP contribution in [0.2, 0.25) is 0 Å². The van der Waals surface area contributed by atoms with Crippen molar-refractivity contribution in [2.24, 2.45) is 0 Å². The molecule has 7 nitrogen and oxygen atoms in total. The zero-order chi connectivity index (χ0) is 13.1. The minimum absolute atomic E-state index is 0. The van der Waals surface area contributed by atoms with Crippen LogP contribution < -0.4 is 39.1 Å². The molecule has 0 saturated heterocycles. The van der Waals surface area contributed by atoms with Crippen LogP contribution in [0.25, 0.3) is 0 Å². The number of hydrogen-bond acceptors (Lipinski definition) is 7. The number of phenols is 1. The van der Waals surface area contributed by atoms with Crippen molar-refractivity contribution in [2.45, 2.75) is 6.10 Å². The van der Waals surface area contributed by atoms with Crippen LogP contribution in [0, 0.1) is 0 Å². The molecule has 0 aliphatic carbocycles. The quantitative estimate of drug-likeness (QED) is 0.291. The van der Waals surface area contributed by atoms with Crippen LogP contribution in [-0.2, 0) is 10.4 Å². The van der Waals surface area contributed by atoms with Gasteiger partial charge in [-0.05, 0) is 24.7 Å². The Hall–Kier alpha value is -0.350. The standard InChI is InChI=1S/C9H13NO6S.Na/c1-10-5-8(12)6-2-3-9(7(11)4-6)16-17(13,14)15;/h2-4,8,10-12H,5H2,1H3,(H,13,14,15);/q;+1/p-1. The predicted octanol–water partition coefficient (Wildman–Crippen LogP) is -3.51. The van der Waals surface area contributed by atoms with Crippen molar-refractivity contribution in [2.75, 3.05) is 13.6 Å². The Kier molecular flexibility index (Phi) is 7.15. The summed E-state index contributed by atoms with van der Waals surface area (Å²) in [5.41, 5.74) is 0.368. The number of nitrogens with one attached hydrogen (secondary N) is 1. The van der Waals surface area contributed by atoms with Gasteiger partial charge in [-0.3, -0.25) is 0 Å². The van der Waals surface area contributed by atoms with Crippen molar-refractivity contribution >= 4 is 10.4 Å². The van der Waals surface area contributed by atoms with Crippen molar-refractivity contribution in [3.63, 3.8) is 0 Å². The fraction of sp³-hybridized carbons (Fsp3) is 0.333. The topological polar surface area (TPSA) is 119 Å². The van der Waals surface area contributed by atoms with E-state index in [9.17, 15) is 23.2 Å². The Morgan fingerprint density at radius 2 is 2.11 bits per heavy atom. The van der Waals surface area contributed by atoms with Gasteiger partial charge < -0.3 is 24.3 Å². The van der Waals surface area contributed by atoms with E-state index in [1.54, 1.807) is 7.05 Å². The van der Waals surface area contributed by atoms with Crippen molar-refractivity contribution in [3.05, 3.63) is 23.8 Å². The zero-order valence-corrected chi connectivity index (χ0v) is 12.8. The van der Waals surface area contributed by atoms with Gasteiger partial charge in [0.25, 0.3) is 10.4 Å². The average molecular weight is 285 g/mol. The van der Waals surface area contributed by atoms with Gasteiger partial charge in [0.15, 0.2) is 11.5 Å². The monoisotopic (exact) mass is 285 g/mol. The van der Waals surface area contributed by atoms with Gasteiger partial charge in [-0.2, -0.15) is 0 Å². The molecular formula is C9H12NNaO6S. The molecular weight excluding hydrogens is 273 g/mol. The van der Waals surface area contributed by atoms with Gasteiger partial charge in [0, 0.05) is 6.54 Å². The van der Waals surface area contributed by atoms with Gasteiger partial charge in [-0.15, -0.1) is 0 Å². The molecule has 0 spiro atoms. The Labute approximate surface area is 127 Å². The normalized spacial score (nSPS) is 12.6. The van der Waals surface area contributed by atoms with Crippen LogP contribution >= 0.6 is 0 Å². The summed E-state index contributed by atoms with van der Waals surface area (Å²) < 4.78 is 35.0. The van der Waals surface area contributed by atoms with E-state index in [1.165, 1.54) is 6.07 Å². The second kappa shape index (κ2) is 7.29. The molecule has 1 rings (SSSR count). The number of aliphatic hydroxyl groups is 1. The molecule has 96 valence electrons. The van der Waals surface area contributed by atoms with Crippen molar-refractivity contribution in [1.82, 2.24) is 5.32 Å². The maximum Gasteiger partial charge on any atom is 1.00 e. The summed E-state index contributed by atoms with van der Waals surface area (Å²) in [6.45, 7) is 0.263. The van der Waals surface area contributed by atoms with E-state index in [4.69, 9.17) is 0 Å². The summed E-state index contributed by atoms with van der Waals surface area (Å²) in [6, 6.07) is 3.57. The van der Waals surface area contributed by atoms with E-state index < -0.39 is 28.0 Å². The molecule has 0 radical (unpaired) electrons. The molecule has 3 N–H and O–H groups in total. The molecule has 0 amide bonds. The Bertz CT molecular complexity index is 492. The minimum atomic E-state index is -4.93. The van der Waals surface area contributed by atoms with Crippen molar-refractivity contribution in [3.8, 4) is 11.5 Å². The SMILES string of the molecule is CNCC(O)c1ccc(OS(=O)(=O)[O-])c(O)c1.[Na+]. The summed E-state index contributed by atoms with van der Waals surface area (Å²) in [7, 11) is -3.28. The molecule has 1 unspecified atom stereocenters. The molecule has 0 aliphatic heterocycles. The summed E-state index contributed by atoms with van der Waals surface area (Å²) >= 11 is 0. The molecule has 1 atom stereocenters. The van der Waals surface area contributed by atoms with Gasteiger partial charge >= 0.3 is 29.6 Å². The third kappa shape index (κ3) is 5.53. The number of aromatic hydroxyl groups is 1. The summed E-state index contributed by atoms with van der Waals surface area (Å²) in [4.78, 5) is 0.